The van der Waals surface area contributed by atoms with Crippen LogP contribution < -0.4 is 5.32 Å². The Morgan fingerprint density at radius 1 is 1.53 bits per heavy atom. The van der Waals surface area contributed by atoms with Gasteiger partial charge in [-0.2, -0.15) is 5.10 Å². The van der Waals surface area contributed by atoms with Crippen LogP contribution >= 0.6 is 11.8 Å². The van der Waals surface area contributed by atoms with Gasteiger partial charge in [0.1, 0.15) is 0 Å². The van der Waals surface area contributed by atoms with Gasteiger partial charge in [-0.25, -0.2) is 0 Å². The summed E-state index contributed by atoms with van der Waals surface area (Å²) < 4.78 is 7.27. The molecule has 2 aliphatic heterocycles. The zero-order valence-corrected chi connectivity index (χ0v) is 12.1. The van der Waals surface area contributed by atoms with Crippen molar-refractivity contribution in [3.05, 3.63) is 18.0 Å². The molecular formula is C13H20N4OS. The van der Waals surface area contributed by atoms with E-state index in [1.807, 2.05) is 29.7 Å². The summed E-state index contributed by atoms with van der Waals surface area (Å²) in [4.78, 5) is 4.67. The third-order valence-electron chi connectivity index (χ3n) is 3.72. The molecule has 0 bridgehead atoms. The van der Waals surface area contributed by atoms with Gasteiger partial charge in [0, 0.05) is 38.8 Å². The topological polar surface area (TPSA) is 51.4 Å². The number of hydrogen-bond acceptors (Lipinski definition) is 4. The van der Waals surface area contributed by atoms with E-state index in [1.54, 1.807) is 0 Å². The van der Waals surface area contributed by atoms with E-state index >= 15 is 0 Å². The number of thioether (sulfide) groups is 1. The maximum Gasteiger partial charge on any atom is 0.157 e. The molecule has 6 heteroatoms. The average molecular weight is 280 g/mol. The van der Waals surface area contributed by atoms with Crippen molar-refractivity contribution in [3.63, 3.8) is 0 Å². The standard InChI is InChI=1S/C13H20N4OS/c1-17-9-11(8-15-17)2-5-14-12-16-13(10-19-12)3-6-18-7-4-13/h8-9H,2-7,10H2,1H3,(H,14,16). The van der Waals surface area contributed by atoms with E-state index in [1.165, 1.54) is 5.56 Å². The summed E-state index contributed by atoms with van der Waals surface area (Å²) in [5.74, 6) is 1.13. The Balaban J connectivity index is 1.51. The summed E-state index contributed by atoms with van der Waals surface area (Å²) in [7, 11) is 1.94. The van der Waals surface area contributed by atoms with Crippen LogP contribution in [0.2, 0.25) is 0 Å². The van der Waals surface area contributed by atoms with Gasteiger partial charge in [-0.05, 0) is 24.8 Å². The normalized spacial score (nSPS) is 23.9. The minimum absolute atomic E-state index is 0.246. The largest absolute Gasteiger partial charge is 0.381 e. The van der Waals surface area contributed by atoms with Crippen LogP contribution in [0.3, 0.4) is 0 Å². The summed E-state index contributed by atoms with van der Waals surface area (Å²) >= 11 is 1.85. The van der Waals surface area contributed by atoms with E-state index < -0.39 is 0 Å². The molecule has 5 nitrogen and oxygen atoms in total. The maximum atomic E-state index is 5.43. The molecule has 0 amide bonds. The van der Waals surface area contributed by atoms with E-state index in [4.69, 9.17) is 4.74 Å². The van der Waals surface area contributed by atoms with Crippen LogP contribution in [0.5, 0.6) is 0 Å². The first-order chi connectivity index (χ1) is 9.26. The van der Waals surface area contributed by atoms with Crippen molar-refractivity contribution in [2.45, 2.75) is 24.8 Å². The fourth-order valence-electron chi connectivity index (χ4n) is 2.51. The average Bonchev–Trinajstić information content (AvgIpc) is 2.99. The molecule has 0 atom stereocenters. The number of aliphatic imine (C=N–C) groups is 1. The number of aromatic nitrogens is 2. The molecule has 0 aliphatic carbocycles. The predicted molar refractivity (Wildman–Crippen MR) is 77.6 cm³/mol. The van der Waals surface area contributed by atoms with Crippen LogP contribution in [0.15, 0.2) is 17.4 Å². The Kier molecular flexibility index (Phi) is 3.79. The number of hydrogen-bond donors (Lipinski definition) is 1. The van der Waals surface area contributed by atoms with Gasteiger partial charge in [-0.1, -0.05) is 11.8 Å². The monoisotopic (exact) mass is 280 g/mol. The van der Waals surface area contributed by atoms with Gasteiger partial charge in [0.25, 0.3) is 0 Å². The highest BCUT2D eigenvalue weighted by Crippen LogP contribution is 2.31. The first-order valence-corrected chi connectivity index (χ1v) is 7.75. The molecule has 1 aromatic heterocycles. The van der Waals surface area contributed by atoms with Crippen molar-refractivity contribution in [1.82, 2.24) is 15.1 Å². The highest BCUT2D eigenvalue weighted by atomic mass is 32.2. The van der Waals surface area contributed by atoms with Gasteiger partial charge in [-0.15, -0.1) is 0 Å². The molecule has 3 rings (SSSR count). The van der Waals surface area contributed by atoms with Crippen LogP contribution in [0.4, 0.5) is 0 Å². The van der Waals surface area contributed by atoms with Crippen molar-refractivity contribution in [3.8, 4) is 0 Å². The summed E-state index contributed by atoms with van der Waals surface area (Å²) in [6.45, 7) is 2.57. The first-order valence-electron chi connectivity index (χ1n) is 6.77. The van der Waals surface area contributed by atoms with E-state index in [-0.39, 0.29) is 5.54 Å². The fourth-order valence-corrected chi connectivity index (χ4v) is 3.75. The molecule has 1 aromatic rings. The van der Waals surface area contributed by atoms with Gasteiger partial charge in [-0.3, -0.25) is 9.67 Å². The van der Waals surface area contributed by atoms with Gasteiger partial charge in [0.05, 0.1) is 11.7 Å². The van der Waals surface area contributed by atoms with E-state index in [9.17, 15) is 0 Å². The van der Waals surface area contributed by atoms with Gasteiger partial charge in [0.2, 0.25) is 0 Å². The van der Waals surface area contributed by atoms with Crippen LogP contribution in [-0.2, 0) is 18.2 Å². The van der Waals surface area contributed by atoms with Crippen LogP contribution in [-0.4, -0.2) is 46.0 Å². The van der Waals surface area contributed by atoms with Crippen molar-refractivity contribution in [2.75, 3.05) is 25.5 Å². The Bertz CT molecular complexity index is 465. The molecule has 3 heterocycles. The molecule has 2 fully saturated rings. The Labute approximate surface area is 117 Å². The van der Waals surface area contributed by atoms with Crippen molar-refractivity contribution in [2.24, 2.45) is 12.0 Å². The summed E-state index contributed by atoms with van der Waals surface area (Å²) in [6.07, 6.45) is 7.11. The van der Waals surface area contributed by atoms with Gasteiger partial charge in [0.15, 0.2) is 5.17 Å². The minimum atomic E-state index is 0.246. The Morgan fingerprint density at radius 3 is 3.11 bits per heavy atom. The lowest BCUT2D eigenvalue weighted by atomic mass is 9.93. The van der Waals surface area contributed by atoms with Crippen LogP contribution in [0.1, 0.15) is 18.4 Å². The van der Waals surface area contributed by atoms with Crippen LogP contribution in [0, 0.1) is 0 Å². The van der Waals surface area contributed by atoms with E-state index in [0.717, 1.165) is 49.9 Å². The maximum absolute atomic E-state index is 5.43. The van der Waals surface area contributed by atoms with Crippen molar-refractivity contribution in [1.29, 1.82) is 0 Å². The quantitative estimate of drug-likeness (QED) is 0.904. The smallest absolute Gasteiger partial charge is 0.157 e. The molecule has 104 valence electrons. The highest BCUT2D eigenvalue weighted by Gasteiger charge is 2.38. The second kappa shape index (κ2) is 5.54. The lowest BCUT2D eigenvalue weighted by Gasteiger charge is -2.32. The summed E-state index contributed by atoms with van der Waals surface area (Å²) in [6, 6.07) is 0. The fraction of sp³-hybridized carbons (Fsp3) is 0.692. The molecular weight excluding hydrogens is 260 g/mol. The van der Waals surface area contributed by atoms with E-state index in [2.05, 4.69) is 21.6 Å². The number of aryl methyl sites for hydroxylation is 1. The van der Waals surface area contributed by atoms with Gasteiger partial charge >= 0.3 is 0 Å². The lowest BCUT2D eigenvalue weighted by Crippen LogP contribution is -2.48. The molecule has 2 aliphatic rings. The minimum Gasteiger partial charge on any atom is -0.381 e. The van der Waals surface area contributed by atoms with Crippen LogP contribution in [0.25, 0.3) is 0 Å². The van der Waals surface area contributed by atoms with Crippen molar-refractivity contribution >= 4 is 16.9 Å². The number of ether oxygens (including phenoxy) is 1. The predicted octanol–water partition coefficient (Wildman–Crippen LogP) is 1.20. The third-order valence-corrected chi connectivity index (χ3v) is 4.92. The molecule has 2 saturated heterocycles. The summed E-state index contributed by atoms with van der Waals surface area (Å²) in [5.41, 5.74) is 1.49. The molecule has 0 aromatic carbocycles. The highest BCUT2D eigenvalue weighted by molar-refractivity contribution is 8.14. The first kappa shape index (κ1) is 13.0. The number of nitrogens with one attached hydrogen (secondary N) is 1. The third kappa shape index (κ3) is 3.12. The second-order valence-corrected chi connectivity index (χ2v) is 6.23. The number of rotatable bonds is 3. The number of amidine groups is 1. The molecule has 0 radical (unpaired) electrons. The SMILES string of the molecule is Cn1cc(CCN=C2NC3(CCOCC3)CS2)cn1. The van der Waals surface area contributed by atoms with E-state index in [0.29, 0.717) is 0 Å². The summed E-state index contributed by atoms with van der Waals surface area (Å²) in [5, 5.41) is 8.88. The van der Waals surface area contributed by atoms with Gasteiger partial charge < -0.3 is 10.1 Å². The number of nitrogens with zero attached hydrogens (tertiary/aromatic N) is 3. The molecule has 1 spiro atoms. The second-order valence-electron chi connectivity index (χ2n) is 5.27. The molecule has 19 heavy (non-hydrogen) atoms. The molecule has 1 N–H and O–H groups in total. The molecule has 0 unspecified atom stereocenters. The Morgan fingerprint density at radius 2 is 2.37 bits per heavy atom. The zero-order chi connectivity index (χ0) is 13.1. The van der Waals surface area contributed by atoms with Crippen molar-refractivity contribution < 1.29 is 4.74 Å². The molecule has 0 saturated carbocycles. The Hall–Kier alpha value is -1.01. The lowest BCUT2D eigenvalue weighted by molar-refractivity contribution is 0.0555. The zero-order valence-electron chi connectivity index (χ0n) is 11.3.